The van der Waals surface area contributed by atoms with E-state index in [1.807, 2.05) is 19.1 Å². The van der Waals surface area contributed by atoms with Crippen LogP contribution in [0.3, 0.4) is 0 Å². The van der Waals surface area contributed by atoms with Crippen molar-refractivity contribution in [1.29, 1.82) is 0 Å². The Hall–Kier alpha value is -2.14. The second-order valence-electron chi connectivity index (χ2n) is 4.50. The van der Waals surface area contributed by atoms with Gasteiger partial charge in [-0.2, -0.15) is 0 Å². The first-order valence-electron chi connectivity index (χ1n) is 6.66. The number of para-hydroxylation sites is 1. The Kier molecular flexibility index (Phi) is 4.53. The summed E-state index contributed by atoms with van der Waals surface area (Å²) in [7, 11) is 0. The van der Waals surface area contributed by atoms with Crippen LogP contribution in [0, 0.1) is 6.92 Å². The van der Waals surface area contributed by atoms with E-state index in [2.05, 4.69) is 10.6 Å². The summed E-state index contributed by atoms with van der Waals surface area (Å²) in [6.07, 6.45) is 0. The van der Waals surface area contributed by atoms with Gasteiger partial charge in [0.05, 0.1) is 0 Å². The predicted octanol–water partition coefficient (Wildman–Crippen LogP) is 1.44. The number of nitrogens with one attached hydrogen (secondary N) is 2. The largest absolute Gasteiger partial charge is 0.422 e. The Balaban J connectivity index is 2.29. The third-order valence-corrected chi connectivity index (χ3v) is 3.14. The second-order valence-corrected chi connectivity index (χ2v) is 4.50. The fourth-order valence-corrected chi connectivity index (χ4v) is 2.10. The van der Waals surface area contributed by atoms with Crippen LogP contribution in [0.25, 0.3) is 11.0 Å². The Morgan fingerprint density at radius 2 is 2.00 bits per heavy atom. The zero-order valence-corrected chi connectivity index (χ0v) is 11.7. The van der Waals surface area contributed by atoms with Gasteiger partial charge in [0.1, 0.15) is 11.1 Å². The molecular formula is C15H18N2O3. The number of likely N-dealkylation sites (N-methyl/N-ethyl adjacent to an activating group) is 1. The van der Waals surface area contributed by atoms with Crippen molar-refractivity contribution in [2.24, 2.45) is 0 Å². The van der Waals surface area contributed by atoms with E-state index in [9.17, 15) is 9.59 Å². The topological polar surface area (TPSA) is 71.3 Å². The van der Waals surface area contributed by atoms with Crippen LogP contribution in [0.5, 0.6) is 0 Å². The maximum atomic E-state index is 12.1. The normalized spacial score (nSPS) is 10.7. The summed E-state index contributed by atoms with van der Waals surface area (Å²) in [6.45, 7) is 5.73. The zero-order chi connectivity index (χ0) is 14.5. The fraction of sp³-hybridized carbons (Fsp3) is 0.333. The molecule has 2 N–H and O–H groups in total. The average molecular weight is 274 g/mol. The lowest BCUT2D eigenvalue weighted by molar-refractivity contribution is 0.0950. The molecule has 0 saturated heterocycles. The first kappa shape index (κ1) is 14.3. The summed E-state index contributed by atoms with van der Waals surface area (Å²) in [5, 5.41) is 6.60. The Morgan fingerprint density at radius 1 is 1.25 bits per heavy atom. The van der Waals surface area contributed by atoms with Gasteiger partial charge in [-0.3, -0.25) is 4.79 Å². The van der Waals surface area contributed by atoms with E-state index < -0.39 is 5.63 Å². The molecule has 5 heteroatoms. The lowest BCUT2D eigenvalue weighted by Gasteiger charge is -2.08. The Labute approximate surface area is 117 Å². The second kappa shape index (κ2) is 6.34. The smallest absolute Gasteiger partial charge is 0.349 e. The number of rotatable bonds is 5. The van der Waals surface area contributed by atoms with Crippen molar-refractivity contribution in [3.63, 3.8) is 0 Å². The molecule has 0 unspecified atom stereocenters. The third-order valence-electron chi connectivity index (χ3n) is 3.14. The van der Waals surface area contributed by atoms with Crippen LogP contribution >= 0.6 is 0 Å². The van der Waals surface area contributed by atoms with Crippen LogP contribution in [0.4, 0.5) is 0 Å². The minimum atomic E-state index is -0.595. The summed E-state index contributed by atoms with van der Waals surface area (Å²) >= 11 is 0. The molecule has 0 atom stereocenters. The van der Waals surface area contributed by atoms with E-state index in [0.717, 1.165) is 11.9 Å². The highest BCUT2D eigenvalue weighted by molar-refractivity contribution is 5.99. The van der Waals surface area contributed by atoms with Crippen molar-refractivity contribution in [2.45, 2.75) is 13.8 Å². The van der Waals surface area contributed by atoms with Crippen molar-refractivity contribution in [3.05, 3.63) is 45.8 Å². The molecule has 0 aliphatic heterocycles. The van der Waals surface area contributed by atoms with Gasteiger partial charge in [-0.05, 0) is 25.1 Å². The van der Waals surface area contributed by atoms with E-state index in [1.165, 1.54) is 0 Å². The number of amides is 1. The molecule has 1 heterocycles. The number of carbonyl (C=O) groups is 1. The van der Waals surface area contributed by atoms with Crippen LogP contribution in [0.2, 0.25) is 0 Å². The molecule has 0 fully saturated rings. The third kappa shape index (κ3) is 2.88. The summed E-state index contributed by atoms with van der Waals surface area (Å²) in [4.78, 5) is 24.0. The van der Waals surface area contributed by atoms with Crippen LogP contribution in [0.1, 0.15) is 22.8 Å². The monoisotopic (exact) mass is 274 g/mol. The number of fused-ring (bicyclic) bond motifs is 1. The molecule has 1 aromatic heterocycles. The highest BCUT2D eigenvalue weighted by atomic mass is 16.4. The molecule has 20 heavy (non-hydrogen) atoms. The zero-order valence-electron chi connectivity index (χ0n) is 11.7. The number of hydrogen-bond acceptors (Lipinski definition) is 4. The Morgan fingerprint density at radius 3 is 2.75 bits per heavy atom. The molecular weight excluding hydrogens is 256 g/mol. The molecule has 2 aromatic rings. The molecule has 0 spiro atoms. The van der Waals surface area contributed by atoms with Crippen molar-refractivity contribution in [2.75, 3.05) is 19.6 Å². The van der Waals surface area contributed by atoms with Gasteiger partial charge in [0.2, 0.25) is 0 Å². The SMILES string of the molecule is CCNCCNC(=O)c1c(C)c2ccccc2oc1=O. The van der Waals surface area contributed by atoms with Crippen LogP contribution in [-0.4, -0.2) is 25.5 Å². The van der Waals surface area contributed by atoms with Gasteiger partial charge in [0.15, 0.2) is 0 Å². The maximum Gasteiger partial charge on any atom is 0.349 e. The maximum absolute atomic E-state index is 12.1. The van der Waals surface area contributed by atoms with Gasteiger partial charge in [-0.1, -0.05) is 25.1 Å². The van der Waals surface area contributed by atoms with Crippen molar-refractivity contribution in [3.8, 4) is 0 Å². The molecule has 1 amide bonds. The highest BCUT2D eigenvalue weighted by Gasteiger charge is 2.17. The molecule has 0 aliphatic carbocycles. The molecule has 0 saturated carbocycles. The molecule has 1 aromatic carbocycles. The first-order chi connectivity index (χ1) is 9.65. The quantitative estimate of drug-likeness (QED) is 0.639. The molecule has 0 radical (unpaired) electrons. The van der Waals surface area contributed by atoms with E-state index in [-0.39, 0.29) is 11.5 Å². The fourth-order valence-electron chi connectivity index (χ4n) is 2.10. The molecule has 0 aliphatic rings. The van der Waals surface area contributed by atoms with Crippen LogP contribution in [0.15, 0.2) is 33.5 Å². The molecule has 2 rings (SSSR count). The number of benzene rings is 1. The van der Waals surface area contributed by atoms with Gasteiger partial charge in [-0.25, -0.2) is 4.79 Å². The van der Waals surface area contributed by atoms with Gasteiger partial charge in [0, 0.05) is 18.5 Å². The summed E-state index contributed by atoms with van der Waals surface area (Å²) < 4.78 is 5.19. The first-order valence-corrected chi connectivity index (χ1v) is 6.66. The summed E-state index contributed by atoms with van der Waals surface area (Å²) in [5.74, 6) is -0.389. The van der Waals surface area contributed by atoms with Gasteiger partial charge >= 0.3 is 5.63 Å². The van der Waals surface area contributed by atoms with E-state index in [1.54, 1.807) is 19.1 Å². The minimum absolute atomic E-state index is 0.0835. The van der Waals surface area contributed by atoms with Gasteiger partial charge in [0.25, 0.3) is 5.91 Å². The standard InChI is InChI=1S/C15H18N2O3/c1-3-16-8-9-17-14(18)13-10(2)11-6-4-5-7-12(11)20-15(13)19/h4-7,16H,3,8-9H2,1-2H3,(H,17,18). The minimum Gasteiger partial charge on any atom is -0.422 e. The van der Waals surface area contributed by atoms with Gasteiger partial charge in [-0.15, -0.1) is 0 Å². The van der Waals surface area contributed by atoms with Crippen molar-refractivity contribution >= 4 is 16.9 Å². The molecule has 0 bridgehead atoms. The van der Waals surface area contributed by atoms with E-state index in [4.69, 9.17) is 4.42 Å². The summed E-state index contributed by atoms with van der Waals surface area (Å²) in [5.41, 5.74) is 0.638. The lowest BCUT2D eigenvalue weighted by Crippen LogP contribution is -2.34. The number of hydrogen-bond donors (Lipinski definition) is 2. The van der Waals surface area contributed by atoms with Crippen LogP contribution < -0.4 is 16.3 Å². The molecule has 106 valence electrons. The lowest BCUT2D eigenvalue weighted by atomic mass is 10.1. The van der Waals surface area contributed by atoms with Crippen molar-refractivity contribution < 1.29 is 9.21 Å². The van der Waals surface area contributed by atoms with Crippen molar-refractivity contribution in [1.82, 2.24) is 10.6 Å². The number of carbonyl (C=O) groups excluding carboxylic acids is 1. The van der Waals surface area contributed by atoms with Gasteiger partial charge < -0.3 is 15.1 Å². The Bertz CT molecular complexity index is 676. The van der Waals surface area contributed by atoms with E-state index >= 15 is 0 Å². The average Bonchev–Trinajstić information content (AvgIpc) is 2.43. The molecule has 5 nitrogen and oxygen atoms in total. The summed E-state index contributed by atoms with van der Waals surface area (Å²) in [6, 6.07) is 7.20. The number of aryl methyl sites for hydroxylation is 1. The predicted molar refractivity (Wildman–Crippen MR) is 78.1 cm³/mol. The van der Waals surface area contributed by atoms with E-state index in [0.29, 0.717) is 24.2 Å². The highest BCUT2D eigenvalue weighted by Crippen LogP contribution is 2.18. The van der Waals surface area contributed by atoms with Crippen LogP contribution in [-0.2, 0) is 0 Å².